The molecule has 252 valence electrons. The van der Waals surface area contributed by atoms with Gasteiger partial charge in [0.25, 0.3) is 0 Å². The van der Waals surface area contributed by atoms with Gasteiger partial charge in [0, 0.05) is 12.8 Å². The second-order valence-corrected chi connectivity index (χ2v) is 16.1. The molecule has 2 aromatic carbocycles. The Morgan fingerprint density at radius 1 is 0.511 bits per heavy atom. The van der Waals surface area contributed by atoms with Crippen molar-refractivity contribution in [2.75, 3.05) is 26.4 Å². The average molecular weight is 627 g/mol. The molecular formula is C38H58O7. The van der Waals surface area contributed by atoms with E-state index in [4.69, 9.17) is 14.2 Å². The second-order valence-electron chi connectivity index (χ2n) is 16.1. The lowest BCUT2D eigenvalue weighted by atomic mass is 9.78. The third-order valence-electron chi connectivity index (χ3n) is 7.78. The molecule has 0 fully saturated rings. The van der Waals surface area contributed by atoms with Gasteiger partial charge >= 0.3 is 11.9 Å². The van der Waals surface area contributed by atoms with Crippen LogP contribution in [-0.2, 0) is 58.3 Å². The number of carbonyl (C=O) groups is 2. The van der Waals surface area contributed by atoms with E-state index in [1.54, 1.807) is 0 Å². The van der Waals surface area contributed by atoms with Gasteiger partial charge in [-0.25, -0.2) is 0 Å². The molecule has 0 atom stereocenters. The van der Waals surface area contributed by atoms with Crippen LogP contribution in [0.15, 0.2) is 24.3 Å². The number of ether oxygens (including phenoxy) is 3. The van der Waals surface area contributed by atoms with E-state index in [0.29, 0.717) is 24.3 Å². The first-order valence-corrected chi connectivity index (χ1v) is 16.1. The van der Waals surface area contributed by atoms with Crippen LogP contribution in [0.1, 0.15) is 129 Å². The lowest BCUT2D eigenvalue weighted by Crippen LogP contribution is -2.18. The van der Waals surface area contributed by atoms with Crippen LogP contribution in [0, 0.1) is 0 Å². The molecule has 7 heteroatoms. The van der Waals surface area contributed by atoms with Gasteiger partial charge in [-0.1, -0.05) is 107 Å². The lowest BCUT2D eigenvalue weighted by Gasteiger charge is -2.28. The van der Waals surface area contributed by atoms with Crippen molar-refractivity contribution in [3.05, 3.63) is 57.6 Å². The van der Waals surface area contributed by atoms with Gasteiger partial charge < -0.3 is 24.4 Å². The van der Waals surface area contributed by atoms with Gasteiger partial charge in [0.2, 0.25) is 0 Å². The predicted octanol–water partition coefficient (Wildman–Crippen LogP) is 7.96. The molecule has 0 saturated heterocycles. The van der Waals surface area contributed by atoms with E-state index in [2.05, 4.69) is 83.1 Å². The van der Waals surface area contributed by atoms with Crippen LogP contribution in [0.25, 0.3) is 0 Å². The Bertz CT molecular complexity index is 1140. The van der Waals surface area contributed by atoms with E-state index in [1.807, 2.05) is 24.3 Å². The van der Waals surface area contributed by atoms with E-state index in [1.165, 1.54) is 0 Å². The molecule has 2 N–H and O–H groups in total. The highest BCUT2D eigenvalue weighted by Crippen LogP contribution is 2.41. The largest absolute Gasteiger partial charge is 0.507 e. The van der Waals surface area contributed by atoms with Crippen molar-refractivity contribution in [1.29, 1.82) is 0 Å². The van der Waals surface area contributed by atoms with Crippen molar-refractivity contribution < 1.29 is 34.0 Å². The fourth-order valence-corrected chi connectivity index (χ4v) is 5.09. The van der Waals surface area contributed by atoms with Crippen LogP contribution in [-0.4, -0.2) is 48.6 Å². The number of carbonyl (C=O) groups excluding carboxylic acids is 2. The number of esters is 2. The molecule has 45 heavy (non-hydrogen) atoms. The summed E-state index contributed by atoms with van der Waals surface area (Å²) < 4.78 is 16.3. The van der Waals surface area contributed by atoms with Crippen LogP contribution in [0.5, 0.6) is 11.5 Å². The molecule has 0 amide bonds. The summed E-state index contributed by atoms with van der Waals surface area (Å²) >= 11 is 0. The highest BCUT2D eigenvalue weighted by molar-refractivity contribution is 5.70. The van der Waals surface area contributed by atoms with Crippen LogP contribution >= 0.6 is 0 Å². The van der Waals surface area contributed by atoms with E-state index in [-0.39, 0.29) is 72.9 Å². The van der Waals surface area contributed by atoms with Gasteiger partial charge in [-0.3, -0.25) is 9.59 Å². The summed E-state index contributed by atoms with van der Waals surface area (Å²) in [5.74, 6) is -0.0554. The van der Waals surface area contributed by atoms with E-state index >= 15 is 0 Å². The van der Waals surface area contributed by atoms with Crippen molar-refractivity contribution >= 4 is 11.9 Å². The molecule has 0 radical (unpaired) electrons. The maximum absolute atomic E-state index is 12.3. The van der Waals surface area contributed by atoms with Gasteiger partial charge in [-0.2, -0.15) is 0 Å². The van der Waals surface area contributed by atoms with E-state index in [9.17, 15) is 19.8 Å². The Kier molecular flexibility index (Phi) is 12.7. The average Bonchev–Trinajstić information content (AvgIpc) is 2.87. The monoisotopic (exact) mass is 626 g/mol. The van der Waals surface area contributed by atoms with Crippen molar-refractivity contribution in [2.45, 2.75) is 130 Å². The topological polar surface area (TPSA) is 102 Å². The Hall–Kier alpha value is -3.06. The van der Waals surface area contributed by atoms with Crippen molar-refractivity contribution in [1.82, 2.24) is 0 Å². The summed E-state index contributed by atoms with van der Waals surface area (Å²) in [5.41, 5.74) is 4.67. The van der Waals surface area contributed by atoms with Gasteiger partial charge in [0.05, 0.1) is 39.3 Å². The quantitative estimate of drug-likeness (QED) is 0.182. The van der Waals surface area contributed by atoms with Gasteiger partial charge in [-0.05, 0) is 55.0 Å². The first-order valence-electron chi connectivity index (χ1n) is 16.1. The van der Waals surface area contributed by atoms with E-state index < -0.39 is 0 Å². The minimum absolute atomic E-state index is 0.0954. The number of phenolic OH excluding ortho intramolecular Hbond substituents is 2. The van der Waals surface area contributed by atoms with E-state index in [0.717, 1.165) is 33.4 Å². The molecule has 0 aliphatic carbocycles. The van der Waals surface area contributed by atoms with Gasteiger partial charge in [-0.15, -0.1) is 0 Å². The Balaban J connectivity index is 1.76. The highest BCUT2D eigenvalue weighted by atomic mass is 16.5. The summed E-state index contributed by atoms with van der Waals surface area (Å²) in [6, 6.07) is 7.99. The minimum atomic E-state index is -0.360. The van der Waals surface area contributed by atoms with Crippen molar-refractivity contribution in [3.63, 3.8) is 0 Å². The Morgan fingerprint density at radius 3 is 1.02 bits per heavy atom. The first-order chi connectivity index (χ1) is 20.5. The number of hydrogen-bond donors (Lipinski definition) is 2. The summed E-state index contributed by atoms with van der Waals surface area (Å²) in [5, 5.41) is 21.8. The molecule has 0 saturated carbocycles. The molecule has 2 aromatic rings. The molecule has 0 unspecified atom stereocenters. The predicted molar refractivity (Wildman–Crippen MR) is 180 cm³/mol. The molecule has 7 nitrogen and oxygen atoms in total. The maximum Gasteiger partial charge on any atom is 0.308 e. The summed E-state index contributed by atoms with van der Waals surface area (Å²) in [6.07, 6.45) is 1.28. The fourth-order valence-electron chi connectivity index (χ4n) is 5.09. The molecule has 0 heterocycles. The normalized spacial score (nSPS) is 12.7. The fraction of sp³-hybridized carbons (Fsp3) is 0.632. The number of rotatable bonds is 12. The molecule has 2 rings (SSSR count). The Labute approximate surface area is 271 Å². The van der Waals surface area contributed by atoms with Gasteiger partial charge in [0.15, 0.2) is 0 Å². The molecule has 0 spiro atoms. The summed E-state index contributed by atoms with van der Waals surface area (Å²) in [4.78, 5) is 24.5. The zero-order chi connectivity index (χ0) is 34.4. The number of hydrogen-bond acceptors (Lipinski definition) is 7. The molecule has 0 aromatic heterocycles. The van der Waals surface area contributed by atoms with Crippen molar-refractivity contribution in [2.24, 2.45) is 0 Å². The zero-order valence-electron chi connectivity index (χ0n) is 29.9. The van der Waals surface area contributed by atoms with Crippen LogP contribution in [0.2, 0.25) is 0 Å². The maximum atomic E-state index is 12.3. The number of phenols is 2. The zero-order valence-corrected chi connectivity index (χ0v) is 29.9. The lowest BCUT2D eigenvalue weighted by molar-refractivity contribution is -0.145. The standard InChI is InChI=1S/C38H58O7/c1-35(2,3)27-21-25(22-28(33(27)41)36(4,5)6)13-19-44-31(39)15-17-43-18-16-32(40)45-20-14-26-23-29(37(7,8)9)34(42)30(24-26)38(10,11)12/h21-24,41-42H,13-20H2,1-12H3. The molecule has 0 aliphatic rings. The first kappa shape index (κ1) is 38.1. The van der Waals surface area contributed by atoms with Crippen LogP contribution < -0.4 is 0 Å². The highest BCUT2D eigenvalue weighted by Gasteiger charge is 2.28. The van der Waals surface area contributed by atoms with Gasteiger partial charge in [0.1, 0.15) is 11.5 Å². The smallest absolute Gasteiger partial charge is 0.308 e. The third-order valence-corrected chi connectivity index (χ3v) is 7.78. The third kappa shape index (κ3) is 11.7. The minimum Gasteiger partial charge on any atom is -0.507 e. The Morgan fingerprint density at radius 2 is 0.778 bits per heavy atom. The molecule has 0 aliphatic heterocycles. The summed E-state index contributed by atoms with van der Waals surface area (Å²) in [6.45, 7) is 25.6. The van der Waals surface area contributed by atoms with Crippen LogP contribution in [0.3, 0.4) is 0 Å². The van der Waals surface area contributed by atoms with Crippen molar-refractivity contribution in [3.8, 4) is 11.5 Å². The van der Waals surface area contributed by atoms with Crippen LogP contribution in [0.4, 0.5) is 0 Å². The SMILES string of the molecule is CC(C)(C)c1cc(CCOC(=O)CCOCCC(=O)OCCc2cc(C(C)(C)C)c(O)c(C(C)(C)C)c2)cc(C(C)(C)C)c1O. The number of benzene rings is 2. The molecular weight excluding hydrogens is 568 g/mol. The molecule has 0 bridgehead atoms. The summed E-state index contributed by atoms with van der Waals surface area (Å²) in [7, 11) is 0. The number of aromatic hydroxyl groups is 2. The second kappa shape index (κ2) is 15.0.